The van der Waals surface area contributed by atoms with E-state index in [0.29, 0.717) is 12.5 Å². The third-order valence-corrected chi connectivity index (χ3v) is 2.61. The molecule has 0 spiro atoms. The van der Waals surface area contributed by atoms with Gasteiger partial charge in [0.25, 0.3) is 0 Å². The van der Waals surface area contributed by atoms with Gasteiger partial charge in [-0.15, -0.1) is 0 Å². The van der Waals surface area contributed by atoms with Crippen molar-refractivity contribution in [2.24, 2.45) is 11.7 Å². The van der Waals surface area contributed by atoms with Crippen LogP contribution in [0, 0.1) is 5.92 Å². The zero-order valence-corrected chi connectivity index (χ0v) is 7.43. The molecule has 1 aliphatic carbocycles. The van der Waals surface area contributed by atoms with Gasteiger partial charge in [0, 0.05) is 0 Å². The average Bonchev–Trinajstić information content (AvgIpc) is 2.88. The van der Waals surface area contributed by atoms with Crippen LogP contribution in [0.15, 0.2) is 12.7 Å². The zero-order valence-electron chi connectivity index (χ0n) is 7.43. The van der Waals surface area contributed by atoms with Crippen molar-refractivity contribution in [1.29, 1.82) is 0 Å². The lowest BCUT2D eigenvalue weighted by molar-refractivity contribution is 0.155. The molecule has 0 bridgehead atoms. The van der Waals surface area contributed by atoms with Crippen LogP contribution in [0.5, 0.6) is 0 Å². The van der Waals surface area contributed by atoms with E-state index in [2.05, 4.69) is 10.1 Å². The van der Waals surface area contributed by atoms with E-state index < -0.39 is 5.54 Å². The van der Waals surface area contributed by atoms with Crippen LogP contribution in [0.1, 0.15) is 12.8 Å². The summed E-state index contributed by atoms with van der Waals surface area (Å²) in [6.45, 7) is 0.561. The Balaban J connectivity index is 2.05. The highest BCUT2D eigenvalue weighted by Crippen LogP contribution is 2.38. The first-order chi connectivity index (χ1) is 6.24. The first-order valence-corrected chi connectivity index (χ1v) is 4.47. The van der Waals surface area contributed by atoms with Gasteiger partial charge in [0.2, 0.25) is 0 Å². The molecule has 1 heterocycles. The SMILES string of the molecule is NC(CO)(Cn1cncn1)C1CC1. The third-order valence-electron chi connectivity index (χ3n) is 2.61. The molecule has 1 unspecified atom stereocenters. The van der Waals surface area contributed by atoms with Crippen molar-refractivity contribution >= 4 is 0 Å². The molecule has 0 radical (unpaired) electrons. The van der Waals surface area contributed by atoms with E-state index in [1.54, 1.807) is 11.0 Å². The van der Waals surface area contributed by atoms with Crippen molar-refractivity contribution < 1.29 is 5.11 Å². The Hall–Kier alpha value is -0.940. The molecule has 1 aliphatic rings. The fourth-order valence-electron chi connectivity index (χ4n) is 1.58. The molecule has 3 N–H and O–H groups in total. The molecule has 1 aromatic rings. The lowest BCUT2D eigenvalue weighted by Crippen LogP contribution is -2.49. The van der Waals surface area contributed by atoms with Crippen LogP contribution >= 0.6 is 0 Å². The maximum Gasteiger partial charge on any atom is 0.137 e. The number of aliphatic hydroxyl groups excluding tert-OH is 1. The zero-order chi connectivity index (χ0) is 9.31. The number of nitrogens with zero attached hydrogens (tertiary/aromatic N) is 3. The molecular formula is C8H14N4O. The van der Waals surface area contributed by atoms with Crippen LogP contribution in [0.4, 0.5) is 0 Å². The quantitative estimate of drug-likeness (QED) is 0.650. The van der Waals surface area contributed by atoms with Gasteiger partial charge >= 0.3 is 0 Å². The summed E-state index contributed by atoms with van der Waals surface area (Å²) in [5.74, 6) is 0.446. The Morgan fingerprint density at radius 3 is 2.85 bits per heavy atom. The van der Waals surface area contributed by atoms with Crippen LogP contribution in [0.3, 0.4) is 0 Å². The summed E-state index contributed by atoms with van der Waals surface area (Å²) in [6.07, 6.45) is 5.34. The Morgan fingerprint density at radius 1 is 1.62 bits per heavy atom. The summed E-state index contributed by atoms with van der Waals surface area (Å²) in [5.41, 5.74) is 5.55. The summed E-state index contributed by atoms with van der Waals surface area (Å²) in [7, 11) is 0. The van der Waals surface area contributed by atoms with Crippen molar-refractivity contribution in [3.05, 3.63) is 12.7 Å². The molecule has 72 valence electrons. The molecule has 1 saturated carbocycles. The Kier molecular flexibility index (Phi) is 2.05. The number of aromatic nitrogens is 3. The van der Waals surface area contributed by atoms with E-state index in [9.17, 15) is 5.11 Å². The second-order valence-electron chi connectivity index (χ2n) is 3.76. The Morgan fingerprint density at radius 2 is 2.38 bits per heavy atom. The first kappa shape index (κ1) is 8.65. The standard InChI is InChI=1S/C8H14N4O/c9-8(4-13,7-1-2-7)3-12-6-10-5-11-12/h5-7,13H,1-4,9H2. The molecule has 5 heteroatoms. The summed E-state index contributed by atoms with van der Waals surface area (Å²) in [5, 5.41) is 13.2. The first-order valence-electron chi connectivity index (χ1n) is 4.47. The van der Waals surface area contributed by atoms with Gasteiger partial charge in [0.15, 0.2) is 0 Å². The summed E-state index contributed by atoms with van der Waals surface area (Å²) in [6, 6.07) is 0. The molecule has 1 aromatic heterocycles. The van der Waals surface area contributed by atoms with E-state index in [0.717, 1.165) is 12.8 Å². The molecule has 0 aromatic carbocycles. The molecule has 1 fully saturated rings. The van der Waals surface area contributed by atoms with Gasteiger partial charge in [0.1, 0.15) is 12.7 Å². The molecule has 1 atom stereocenters. The number of rotatable bonds is 4. The van der Waals surface area contributed by atoms with Crippen LogP contribution < -0.4 is 5.73 Å². The molecule has 0 saturated heterocycles. The van der Waals surface area contributed by atoms with Gasteiger partial charge < -0.3 is 10.8 Å². The lowest BCUT2D eigenvalue weighted by atomic mass is 9.96. The van der Waals surface area contributed by atoms with Gasteiger partial charge in [-0.25, -0.2) is 4.98 Å². The fourth-order valence-corrected chi connectivity index (χ4v) is 1.58. The largest absolute Gasteiger partial charge is 0.394 e. The number of nitrogens with two attached hydrogens (primary N) is 1. The fraction of sp³-hybridized carbons (Fsp3) is 0.750. The van der Waals surface area contributed by atoms with Gasteiger partial charge in [-0.3, -0.25) is 4.68 Å². The third kappa shape index (κ3) is 1.71. The van der Waals surface area contributed by atoms with Gasteiger partial charge in [-0.1, -0.05) is 0 Å². The predicted octanol–water partition coefficient (Wildman–Crippen LogP) is -0.622. The number of aliphatic hydroxyl groups is 1. The average molecular weight is 182 g/mol. The van der Waals surface area contributed by atoms with Crippen molar-refractivity contribution in [2.45, 2.75) is 24.9 Å². The van der Waals surface area contributed by atoms with E-state index in [1.165, 1.54) is 6.33 Å². The molecule has 5 nitrogen and oxygen atoms in total. The summed E-state index contributed by atoms with van der Waals surface area (Å²) >= 11 is 0. The number of hydrogen-bond acceptors (Lipinski definition) is 4. The number of hydrogen-bond donors (Lipinski definition) is 2. The molecule has 2 rings (SSSR count). The molecule has 13 heavy (non-hydrogen) atoms. The van der Waals surface area contributed by atoms with Crippen molar-refractivity contribution in [3.63, 3.8) is 0 Å². The highest BCUT2D eigenvalue weighted by atomic mass is 16.3. The smallest absolute Gasteiger partial charge is 0.137 e. The Bertz CT molecular complexity index is 270. The minimum absolute atomic E-state index is 0.0114. The lowest BCUT2D eigenvalue weighted by Gasteiger charge is -2.26. The van der Waals surface area contributed by atoms with Gasteiger partial charge in [-0.2, -0.15) is 5.10 Å². The topological polar surface area (TPSA) is 77.0 Å². The predicted molar refractivity (Wildman–Crippen MR) is 46.8 cm³/mol. The van der Waals surface area contributed by atoms with Gasteiger partial charge in [0.05, 0.1) is 18.7 Å². The van der Waals surface area contributed by atoms with E-state index in [1.807, 2.05) is 0 Å². The minimum atomic E-state index is -0.506. The van der Waals surface area contributed by atoms with Crippen LogP contribution in [0.25, 0.3) is 0 Å². The van der Waals surface area contributed by atoms with E-state index in [4.69, 9.17) is 5.73 Å². The second kappa shape index (κ2) is 3.08. The van der Waals surface area contributed by atoms with Crippen molar-refractivity contribution in [3.8, 4) is 0 Å². The highest BCUT2D eigenvalue weighted by molar-refractivity contribution is 4.97. The van der Waals surface area contributed by atoms with Crippen molar-refractivity contribution in [1.82, 2.24) is 14.8 Å². The maximum absolute atomic E-state index is 9.21. The van der Waals surface area contributed by atoms with Crippen LogP contribution in [0.2, 0.25) is 0 Å². The highest BCUT2D eigenvalue weighted by Gasteiger charge is 2.42. The maximum atomic E-state index is 9.21. The Labute approximate surface area is 76.6 Å². The molecule has 0 amide bonds. The van der Waals surface area contributed by atoms with Crippen LogP contribution in [-0.2, 0) is 6.54 Å². The van der Waals surface area contributed by atoms with Gasteiger partial charge in [-0.05, 0) is 18.8 Å². The van der Waals surface area contributed by atoms with E-state index in [-0.39, 0.29) is 6.61 Å². The second-order valence-corrected chi connectivity index (χ2v) is 3.76. The van der Waals surface area contributed by atoms with E-state index >= 15 is 0 Å². The normalized spacial score (nSPS) is 21.4. The monoisotopic (exact) mass is 182 g/mol. The van der Waals surface area contributed by atoms with Crippen molar-refractivity contribution in [2.75, 3.05) is 6.61 Å². The minimum Gasteiger partial charge on any atom is -0.394 e. The summed E-state index contributed by atoms with van der Waals surface area (Å²) < 4.78 is 1.68. The van der Waals surface area contributed by atoms with Crippen LogP contribution in [-0.4, -0.2) is 32.0 Å². The molecular weight excluding hydrogens is 168 g/mol. The summed E-state index contributed by atoms with van der Waals surface area (Å²) in [4.78, 5) is 3.84. The molecule has 0 aliphatic heterocycles.